The molecule has 1 aromatic heterocycles. The molecule has 1 aliphatic rings. The number of hydrogen-bond donors (Lipinski definition) is 0. The lowest BCUT2D eigenvalue weighted by Gasteiger charge is -2.30. The van der Waals surface area contributed by atoms with Crippen LogP contribution in [0.2, 0.25) is 0 Å². The molecule has 0 saturated carbocycles. The molecule has 2 rings (SSSR count). The van der Waals surface area contributed by atoms with Gasteiger partial charge in [-0.15, -0.1) is 11.3 Å². The molecule has 1 atom stereocenters. The van der Waals surface area contributed by atoms with Crippen LogP contribution in [0, 0.1) is 19.8 Å². The van der Waals surface area contributed by atoms with E-state index in [-0.39, 0.29) is 0 Å². The molecular formula is C14H22N2OS. The summed E-state index contributed by atoms with van der Waals surface area (Å²) in [6, 6.07) is 0. The van der Waals surface area contributed by atoms with Gasteiger partial charge in [-0.1, -0.05) is 6.92 Å². The zero-order chi connectivity index (χ0) is 13.1. The van der Waals surface area contributed by atoms with Gasteiger partial charge >= 0.3 is 0 Å². The van der Waals surface area contributed by atoms with Crippen molar-refractivity contribution >= 4 is 17.2 Å². The first-order valence-corrected chi connectivity index (χ1v) is 7.58. The molecule has 1 unspecified atom stereocenters. The molecule has 1 amide bonds. The highest BCUT2D eigenvalue weighted by molar-refractivity contribution is 7.11. The van der Waals surface area contributed by atoms with Gasteiger partial charge in [0.1, 0.15) is 0 Å². The maximum atomic E-state index is 12.1. The van der Waals surface area contributed by atoms with E-state index >= 15 is 0 Å². The number of likely N-dealkylation sites (tertiary alicyclic amines) is 1. The van der Waals surface area contributed by atoms with Gasteiger partial charge in [0.05, 0.1) is 10.7 Å². The summed E-state index contributed by atoms with van der Waals surface area (Å²) in [5, 5.41) is 1.10. The summed E-state index contributed by atoms with van der Waals surface area (Å²) < 4.78 is 0. The van der Waals surface area contributed by atoms with Crippen molar-refractivity contribution in [3.8, 4) is 0 Å². The van der Waals surface area contributed by atoms with Crippen LogP contribution in [-0.4, -0.2) is 28.9 Å². The number of nitrogens with zero attached hydrogens (tertiary/aromatic N) is 2. The molecule has 18 heavy (non-hydrogen) atoms. The molecule has 1 fully saturated rings. The van der Waals surface area contributed by atoms with E-state index in [1.807, 2.05) is 11.8 Å². The van der Waals surface area contributed by atoms with Crippen LogP contribution < -0.4 is 0 Å². The lowest BCUT2D eigenvalue weighted by atomic mass is 10.00. The molecule has 0 bridgehead atoms. The minimum Gasteiger partial charge on any atom is -0.342 e. The van der Waals surface area contributed by atoms with Gasteiger partial charge < -0.3 is 4.90 Å². The second kappa shape index (κ2) is 5.83. The Bertz CT molecular complexity index is 408. The van der Waals surface area contributed by atoms with Gasteiger partial charge in [0.15, 0.2) is 0 Å². The Hall–Kier alpha value is -0.900. The van der Waals surface area contributed by atoms with Crippen LogP contribution in [0.25, 0.3) is 0 Å². The van der Waals surface area contributed by atoms with Gasteiger partial charge in [-0.25, -0.2) is 4.98 Å². The Morgan fingerprint density at radius 3 is 2.89 bits per heavy atom. The molecule has 0 aromatic carbocycles. The van der Waals surface area contributed by atoms with Crippen molar-refractivity contribution in [1.29, 1.82) is 0 Å². The minimum absolute atomic E-state index is 0.298. The van der Waals surface area contributed by atoms with Gasteiger partial charge in [0.25, 0.3) is 0 Å². The van der Waals surface area contributed by atoms with E-state index in [2.05, 4.69) is 18.8 Å². The summed E-state index contributed by atoms with van der Waals surface area (Å²) >= 11 is 1.72. The SMILES string of the molecule is Cc1nc(CCC(=O)N2CCCC(C)C2)sc1C. The molecule has 0 N–H and O–H groups in total. The molecule has 3 nitrogen and oxygen atoms in total. The van der Waals surface area contributed by atoms with Crippen molar-refractivity contribution in [3.05, 3.63) is 15.6 Å². The zero-order valence-corrected chi connectivity index (χ0v) is 12.3. The highest BCUT2D eigenvalue weighted by Gasteiger charge is 2.20. The average Bonchev–Trinajstić information content (AvgIpc) is 2.66. The van der Waals surface area contributed by atoms with E-state index in [9.17, 15) is 4.79 Å². The van der Waals surface area contributed by atoms with Crippen LogP contribution in [0.4, 0.5) is 0 Å². The average molecular weight is 266 g/mol. The Kier molecular flexibility index (Phi) is 4.38. The van der Waals surface area contributed by atoms with Crippen LogP contribution in [0.1, 0.15) is 41.8 Å². The molecule has 0 aliphatic carbocycles. The quantitative estimate of drug-likeness (QED) is 0.842. The molecule has 1 aliphatic heterocycles. The maximum absolute atomic E-state index is 12.1. The zero-order valence-electron chi connectivity index (χ0n) is 11.5. The smallest absolute Gasteiger partial charge is 0.222 e. The van der Waals surface area contributed by atoms with Crippen molar-refractivity contribution in [2.45, 2.75) is 46.5 Å². The lowest BCUT2D eigenvalue weighted by Crippen LogP contribution is -2.39. The molecular weight excluding hydrogens is 244 g/mol. The number of rotatable bonds is 3. The first-order valence-electron chi connectivity index (χ1n) is 6.77. The van der Waals surface area contributed by atoms with E-state index in [1.165, 1.54) is 11.3 Å². The van der Waals surface area contributed by atoms with Crippen LogP contribution >= 0.6 is 11.3 Å². The van der Waals surface area contributed by atoms with E-state index in [0.29, 0.717) is 18.2 Å². The van der Waals surface area contributed by atoms with Gasteiger partial charge in [-0.05, 0) is 32.6 Å². The number of thiazole rings is 1. The van der Waals surface area contributed by atoms with E-state index in [0.717, 1.165) is 36.6 Å². The molecule has 0 radical (unpaired) electrons. The highest BCUT2D eigenvalue weighted by Crippen LogP contribution is 2.20. The minimum atomic E-state index is 0.298. The Morgan fingerprint density at radius 1 is 1.50 bits per heavy atom. The highest BCUT2D eigenvalue weighted by atomic mass is 32.1. The predicted octanol–water partition coefficient (Wildman–Crippen LogP) is 2.95. The Morgan fingerprint density at radius 2 is 2.28 bits per heavy atom. The number of carbonyl (C=O) groups excluding carboxylic acids is 1. The number of hydrogen-bond acceptors (Lipinski definition) is 3. The van der Waals surface area contributed by atoms with E-state index in [4.69, 9.17) is 0 Å². The van der Waals surface area contributed by atoms with Crippen molar-refractivity contribution < 1.29 is 4.79 Å². The largest absolute Gasteiger partial charge is 0.342 e. The summed E-state index contributed by atoms with van der Waals surface area (Å²) in [6.07, 6.45) is 3.82. The van der Waals surface area contributed by atoms with Crippen LogP contribution in [0.15, 0.2) is 0 Å². The van der Waals surface area contributed by atoms with E-state index < -0.39 is 0 Å². The standard InChI is InChI=1S/C14H22N2OS/c1-10-5-4-8-16(9-10)14(17)7-6-13-15-11(2)12(3)18-13/h10H,4-9H2,1-3H3. The van der Waals surface area contributed by atoms with Gasteiger partial charge in [-0.2, -0.15) is 0 Å². The topological polar surface area (TPSA) is 33.2 Å². The monoisotopic (exact) mass is 266 g/mol. The first kappa shape index (κ1) is 13.5. The van der Waals surface area contributed by atoms with Crippen LogP contribution in [0.3, 0.4) is 0 Å². The Labute approximate surface area is 113 Å². The number of amides is 1. The number of aryl methyl sites for hydroxylation is 3. The maximum Gasteiger partial charge on any atom is 0.222 e. The van der Waals surface area contributed by atoms with Gasteiger partial charge in [0.2, 0.25) is 5.91 Å². The third-order valence-electron chi connectivity index (χ3n) is 3.64. The summed E-state index contributed by atoms with van der Waals surface area (Å²) in [6.45, 7) is 8.23. The fourth-order valence-corrected chi connectivity index (χ4v) is 3.37. The lowest BCUT2D eigenvalue weighted by molar-refractivity contribution is -0.132. The summed E-state index contributed by atoms with van der Waals surface area (Å²) in [7, 11) is 0. The molecule has 1 saturated heterocycles. The molecule has 1 aromatic rings. The van der Waals surface area contributed by atoms with Gasteiger partial charge in [-0.3, -0.25) is 4.79 Å². The van der Waals surface area contributed by atoms with Crippen molar-refractivity contribution in [3.63, 3.8) is 0 Å². The third kappa shape index (κ3) is 3.31. The first-order chi connectivity index (χ1) is 8.56. The number of piperidine rings is 1. The normalized spacial score (nSPS) is 20.2. The molecule has 2 heterocycles. The second-order valence-corrected chi connectivity index (χ2v) is 6.62. The van der Waals surface area contributed by atoms with Crippen molar-refractivity contribution in [1.82, 2.24) is 9.88 Å². The van der Waals surface area contributed by atoms with Crippen molar-refractivity contribution in [2.24, 2.45) is 5.92 Å². The summed E-state index contributed by atoms with van der Waals surface area (Å²) in [4.78, 5) is 19.9. The van der Waals surface area contributed by atoms with Crippen molar-refractivity contribution in [2.75, 3.05) is 13.1 Å². The fraction of sp³-hybridized carbons (Fsp3) is 0.714. The second-order valence-electron chi connectivity index (χ2n) is 5.34. The third-order valence-corrected chi connectivity index (χ3v) is 4.77. The predicted molar refractivity (Wildman–Crippen MR) is 74.9 cm³/mol. The van der Waals surface area contributed by atoms with Crippen LogP contribution in [-0.2, 0) is 11.2 Å². The molecule has 0 spiro atoms. The molecule has 100 valence electrons. The summed E-state index contributed by atoms with van der Waals surface area (Å²) in [5.74, 6) is 0.958. The van der Waals surface area contributed by atoms with E-state index in [1.54, 1.807) is 11.3 Å². The molecule has 4 heteroatoms. The summed E-state index contributed by atoms with van der Waals surface area (Å²) in [5.41, 5.74) is 1.11. The van der Waals surface area contributed by atoms with Crippen LogP contribution in [0.5, 0.6) is 0 Å². The fourth-order valence-electron chi connectivity index (χ4n) is 2.43. The number of carbonyl (C=O) groups is 1. The van der Waals surface area contributed by atoms with Gasteiger partial charge in [0, 0.05) is 30.8 Å². The Balaban J connectivity index is 1.84. The number of aromatic nitrogens is 1.